The Morgan fingerprint density at radius 1 is 1.10 bits per heavy atom. The summed E-state index contributed by atoms with van der Waals surface area (Å²) in [4.78, 5) is 6.12. The molecule has 0 atom stereocenters. The number of aromatic nitrogens is 1. The molecule has 112 valence electrons. The third-order valence-electron chi connectivity index (χ3n) is 2.84. The second-order valence-corrected chi connectivity index (χ2v) is 5.07. The summed E-state index contributed by atoms with van der Waals surface area (Å²) < 4.78 is 28.4. The molecule has 0 saturated carbocycles. The van der Waals surface area contributed by atoms with E-state index in [9.17, 15) is 8.78 Å². The smallest absolute Gasteiger partial charge is 0.387 e. The molecule has 0 aliphatic heterocycles. The Kier molecular flexibility index (Phi) is 5.47. The van der Waals surface area contributed by atoms with E-state index in [1.54, 1.807) is 36.5 Å². The van der Waals surface area contributed by atoms with Crippen LogP contribution in [0.4, 0.5) is 8.78 Å². The maximum atomic E-state index is 12.1. The van der Waals surface area contributed by atoms with E-state index in [4.69, 9.17) is 11.6 Å². The Labute approximate surface area is 127 Å². The number of benzene rings is 1. The van der Waals surface area contributed by atoms with Gasteiger partial charge in [-0.2, -0.15) is 8.78 Å². The molecule has 0 saturated heterocycles. The fourth-order valence-electron chi connectivity index (χ4n) is 1.96. The molecule has 0 radical (unpaired) electrons. The molecule has 0 aliphatic carbocycles. The summed E-state index contributed by atoms with van der Waals surface area (Å²) in [6.07, 6.45) is 1.73. The first-order chi connectivity index (χ1) is 10.0. The second kappa shape index (κ2) is 7.33. The standard InChI is InChI=1S/C15H15ClF2N2O/c1-20(10-12-4-7-14(16)19-8-12)9-11-2-5-13(6-3-11)21-15(17)18/h2-8,15H,9-10H2,1H3. The SMILES string of the molecule is CN(Cc1ccc(OC(F)F)cc1)Cc1ccc(Cl)nc1. The van der Waals surface area contributed by atoms with Crippen LogP contribution in [0.1, 0.15) is 11.1 Å². The summed E-state index contributed by atoms with van der Waals surface area (Å²) in [7, 11) is 1.97. The molecule has 1 aromatic heterocycles. The zero-order chi connectivity index (χ0) is 15.2. The van der Waals surface area contributed by atoms with E-state index in [-0.39, 0.29) is 5.75 Å². The molecule has 0 spiro atoms. The number of nitrogens with zero attached hydrogens (tertiary/aromatic N) is 2. The van der Waals surface area contributed by atoms with Gasteiger partial charge in [0.25, 0.3) is 0 Å². The number of ether oxygens (including phenoxy) is 1. The molecular weight excluding hydrogens is 298 g/mol. The van der Waals surface area contributed by atoms with Crippen molar-refractivity contribution in [1.82, 2.24) is 9.88 Å². The first-order valence-corrected chi connectivity index (χ1v) is 6.73. The van der Waals surface area contributed by atoms with Crippen LogP contribution in [0.5, 0.6) is 5.75 Å². The van der Waals surface area contributed by atoms with E-state index in [0.717, 1.165) is 17.7 Å². The van der Waals surface area contributed by atoms with Gasteiger partial charge in [-0.25, -0.2) is 4.98 Å². The molecule has 0 N–H and O–H groups in total. The Morgan fingerprint density at radius 3 is 2.29 bits per heavy atom. The molecule has 1 aromatic carbocycles. The van der Waals surface area contributed by atoms with Crippen LogP contribution < -0.4 is 4.74 Å². The van der Waals surface area contributed by atoms with E-state index in [0.29, 0.717) is 11.7 Å². The Morgan fingerprint density at radius 2 is 1.71 bits per heavy atom. The highest BCUT2D eigenvalue weighted by molar-refractivity contribution is 6.29. The lowest BCUT2D eigenvalue weighted by molar-refractivity contribution is -0.0498. The van der Waals surface area contributed by atoms with Crippen molar-refractivity contribution in [3.63, 3.8) is 0 Å². The van der Waals surface area contributed by atoms with Crippen molar-refractivity contribution >= 4 is 11.6 Å². The number of hydrogen-bond donors (Lipinski definition) is 0. The number of rotatable bonds is 6. The molecule has 2 rings (SSSR count). The van der Waals surface area contributed by atoms with E-state index < -0.39 is 6.61 Å². The zero-order valence-electron chi connectivity index (χ0n) is 11.5. The summed E-state index contributed by atoms with van der Waals surface area (Å²) in [6, 6.07) is 10.3. The van der Waals surface area contributed by atoms with Gasteiger partial charge >= 0.3 is 6.61 Å². The largest absolute Gasteiger partial charge is 0.435 e. The van der Waals surface area contributed by atoms with Crippen LogP contribution in [-0.2, 0) is 13.1 Å². The lowest BCUT2D eigenvalue weighted by Gasteiger charge is -2.17. The molecule has 0 amide bonds. The highest BCUT2D eigenvalue weighted by atomic mass is 35.5. The molecule has 0 unspecified atom stereocenters. The predicted molar refractivity (Wildman–Crippen MR) is 77.5 cm³/mol. The number of hydrogen-bond acceptors (Lipinski definition) is 3. The third-order valence-corrected chi connectivity index (χ3v) is 3.07. The Balaban J connectivity index is 1.90. The molecule has 6 heteroatoms. The van der Waals surface area contributed by atoms with Crippen LogP contribution in [0.2, 0.25) is 5.15 Å². The van der Waals surface area contributed by atoms with Gasteiger partial charge in [0.05, 0.1) is 0 Å². The maximum Gasteiger partial charge on any atom is 0.387 e. The topological polar surface area (TPSA) is 25.4 Å². The quantitative estimate of drug-likeness (QED) is 0.755. The first-order valence-electron chi connectivity index (χ1n) is 6.35. The lowest BCUT2D eigenvalue weighted by atomic mass is 10.2. The van der Waals surface area contributed by atoms with Crippen LogP contribution in [0.3, 0.4) is 0 Å². The Bertz CT molecular complexity index is 561. The summed E-state index contributed by atoms with van der Waals surface area (Å²) in [6.45, 7) is -1.38. The van der Waals surface area contributed by atoms with Crippen LogP contribution in [0.15, 0.2) is 42.6 Å². The average molecular weight is 313 g/mol. The molecule has 21 heavy (non-hydrogen) atoms. The summed E-state index contributed by atoms with van der Waals surface area (Å²) >= 11 is 5.74. The van der Waals surface area contributed by atoms with Gasteiger partial charge in [-0.05, 0) is 36.4 Å². The van der Waals surface area contributed by atoms with Gasteiger partial charge in [0.15, 0.2) is 0 Å². The number of halogens is 3. The summed E-state index contributed by atoms with van der Waals surface area (Å²) in [5.41, 5.74) is 2.07. The van der Waals surface area contributed by atoms with Crippen molar-refractivity contribution in [2.24, 2.45) is 0 Å². The van der Waals surface area contributed by atoms with Crippen LogP contribution >= 0.6 is 11.6 Å². The van der Waals surface area contributed by atoms with Crippen LogP contribution in [0, 0.1) is 0 Å². The van der Waals surface area contributed by atoms with Crippen molar-refractivity contribution in [1.29, 1.82) is 0 Å². The van der Waals surface area contributed by atoms with Gasteiger partial charge < -0.3 is 4.74 Å². The van der Waals surface area contributed by atoms with E-state index >= 15 is 0 Å². The molecule has 0 bridgehead atoms. The Hall–Kier alpha value is -1.72. The van der Waals surface area contributed by atoms with Gasteiger partial charge in [-0.3, -0.25) is 4.90 Å². The first kappa shape index (κ1) is 15.7. The van der Waals surface area contributed by atoms with Gasteiger partial charge in [-0.15, -0.1) is 0 Å². The molecule has 0 aliphatic rings. The van der Waals surface area contributed by atoms with E-state index in [1.165, 1.54) is 0 Å². The highest BCUT2D eigenvalue weighted by Gasteiger charge is 2.05. The predicted octanol–water partition coefficient (Wildman–Crippen LogP) is 3.97. The monoisotopic (exact) mass is 312 g/mol. The highest BCUT2D eigenvalue weighted by Crippen LogP contribution is 2.16. The second-order valence-electron chi connectivity index (χ2n) is 4.68. The van der Waals surface area contributed by atoms with Crippen molar-refractivity contribution < 1.29 is 13.5 Å². The van der Waals surface area contributed by atoms with Gasteiger partial charge in [0.1, 0.15) is 10.9 Å². The van der Waals surface area contributed by atoms with E-state index in [2.05, 4.69) is 14.6 Å². The average Bonchev–Trinajstić information content (AvgIpc) is 2.43. The van der Waals surface area contributed by atoms with Gasteiger partial charge in [0.2, 0.25) is 0 Å². The summed E-state index contributed by atoms with van der Waals surface area (Å²) in [5, 5.41) is 0.469. The fraction of sp³-hybridized carbons (Fsp3) is 0.267. The van der Waals surface area contributed by atoms with Gasteiger partial charge in [-0.1, -0.05) is 29.8 Å². The van der Waals surface area contributed by atoms with Crippen molar-refractivity contribution in [2.45, 2.75) is 19.7 Å². The van der Waals surface area contributed by atoms with Crippen molar-refractivity contribution in [3.05, 3.63) is 58.9 Å². The third kappa shape index (κ3) is 5.28. The van der Waals surface area contributed by atoms with Gasteiger partial charge in [0, 0.05) is 19.3 Å². The minimum Gasteiger partial charge on any atom is -0.435 e. The van der Waals surface area contributed by atoms with Crippen molar-refractivity contribution in [3.8, 4) is 5.75 Å². The summed E-state index contributed by atoms with van der Waals surface area (Å²) in [5.74, 6) is 0.165. The molecule has 2 aromatic rings. The number of alkyl halides is 2. The normalized spacial score (nSPS) is 11.1. The zero-order valence-corrected chi connectivity index (χ0v) is 12.2. The lowest BCUT2D eigenvalue weighted by Crippen LogP contribution is -2.17. The minimum absolute atomic E-state index is 0.165. The molecule has 0 fully saturated rings. The fourth-order valence-corrected chi connectivity index (χ4v) is 2.07. The van der Waals surface area contributed by atoms with Crippen molar-refractivity contribution in [2.75, 3.05) is 7.05 Å². The van der Waals surface area contributed by atoms with Crippen LogP contribution in [-0.4, -0.2) is 23.5 Å². The molecule has 3 nitrogen and oxygen atoms in total. The molecule has 1 heterocycles. The van der Waals surface area contributed by atoms with E-state index in [1.807, 2.05) is 13.1 Å². The molecular formula is C15H15ClF2N2O. The van der Waals surface area contributed by atoms with Crippen LogP contribution in [0.25, 0.3) is 0 Å². The number of pyridine rings is 1. The maximum absolute atomic E-state index is 12.1. The minimum atomic E-state index is -2.80.